The van der Waals surface area contributed by atoms with E-state index in [9.17, 15) is 9.18 Å². The second-order valence-corrected chi connectivity index (χ2v) is 5.57. The Kier molecular flexibility index (Phi) is 5.38. The van der Waals surface area contributed by atoms with Crippen molar-refractivity contribution in [3.05, 3.63) is 34.6 Å². The van der Waals surface area contributed by atoms with E-state index in [-0.39, 0.29) is 10.9 Å². The number of nitrogens with one attached hydrogen (secondary N) is 1. The zero-order valence-electron chi connectivity index (χ0n) is 11.7. The predicted molar refractivity (Wildman–Crippen MR) is 78.6 cm³/mol. The minimum Gasteiger partial charge on any atom is -0.339 e. The molecule has 1 amide bonds. The monoisotopic (exact) mass is 298 g/mol. The number of halogens is 2. The van der Waals surface area contributed by atoms with E-state index in [1.807, 2.05) is 11.8 Å². The van der Waals surface area contributed by atoms with E-state index in [0.717, 1.165) is 32.5 Å². The van der Waals surface area contributed by atoms with E-state index in [0.29, 0.717) is 18.0 Å². The van der Waals surface area contributed by atoms with E-state index in [4.69, 9.17) is 11.6 Å². The summed E-state index contributed by atoms with van der Waals surface area (Å²) in [6.07, 6.45) is 2.18. The van der Waals surface area contributed by atoms with Crippen LogP contribution in [0.3, 0.4) is 0 Å². The van der Waals surface area contributed by atoms with Gasteiger partial charge in [-0.3, -0.25) is 4.79 Å². The largest absolute Gasteiger partial charge is 0.339 e. The number of piperidine rings is 1. The first-order valence-corrected chi connectivity index (χ1v) is 7.44. The molecule has 1 N–H and O–H groups in total. The third-order valence-electron chi connectivity index (χ3n) is 3.77. The highest BCUT2D eigenvalue weighted by molar-refractivity contribution is 6.31. The molecule has 3 nitrogen and oxygen atoms in total. The highest BCUT2D eigenvalue weighted by Gasteiger charge is 2.21. The molecule has 1 aliphatic heterocycles. The molecule has 1 heterocycles. The van der Waals surface area contributed by atoms with Crippen molar-refractivity contribution >= 4 is 17.5 Å². The minimum atomic E-state index is -0.496. The fourth-order valence-electron chi connectivity index (χ4n) is 2.54. The quantitative estimate of drug-likeness (QED) is 0.927. The van der Waals surface area contributed by atoms with Crippen LogP contribution >= 0.6 is 11.6 Å². The molecular weight excluding hydrogens is 279 g/mol. The van der Waals surface area contributed by atoms with Crippen molar-refractivity contribution in [3.8, 4) is 0 Å². The van der Waals surface area contributed by atoms with Crippen molar-refractivity contribution < 1.29 is 9.18 Å². The third-order valence-corrected chi connectivity index (χ3v) is 4.06. The molecule has 1 aliphatic rings. The first-order chi connectivity index (χ1) is 9.61. The van der Waals surface area contributed by atoms with Gasteiger partial charge in [0.05, 0.1) is 5.02 Å². The van der Waals surface area contributed by atoms with Gasteiger partial charge in [0, 0.05) is 18.7 Å². The SMILES string of the molecule is CCN(CC1CCNCC1)C(=O)c1ccc(F)c(Cl)c1. The van der Waals surface area contributed by atoms with E-state index < -0.39 is 5.82 Å². The Morgan fingerprint density at radius 2 is 2.15 bits per heavy atom. The highest BCUT2D eigenvalue weighted by atomic mass is 35.5. The van der Waals surface area contributed by atoms with E-state index in [1.165, 1.54) is 18.2 Å². The molecule has 1 saturated heterocycles. The molecule has 1 fully saturated rings. The maximum Gasteiger partial charge on any atom is 0.253 e. The maximum atomic E-state index is 13.2. The topological polar surface area (TPSA) is 32.3 Å². The van der Waals surface area contributed by atoms with Crippen LogP contribution in [-0.4, -0.2) is 37.0 Å². The van der Waals surface area contributed by atoms with Gasteiger partial charge in [0.1, 0.15) is 5.82 Å². The van der Waals surface area contributed by atoms with Gasteiger partial charge in [-0.15, -0.1) is 0 Å². The minimum absolute atomic E-state index is 0.00577. The van der Waals surface area contributed by atoms with Crippen molar-refractivity contribution in [3.63, 3.8) is 0 Å². The molecule has 5 heteroatoms. The lowest BCUT2D eigenvalue weighted by atomic mass is 9.97. The lowest BCUT2D eigenvalue weighted by Crippen LogP contribution is -2.39. The van der Waals surface area contributed by atoms with Gasteiger partial charge in [0.15, 0.2) is 0 Å². The van der Waals surface area contributed by atoms with Gasteiger partial charge in [-0.1, -0.05) is 11.6 Å². The zero-order valence-corrected chi connectivity index (χ0v) is 12.4. The molecule has 0 radical (unpaired) electrons. The molecule has 0 aromatic heterocycles. The van der Waals surface area contributed by atoms with Gasteiger partial charge in [-0.25, -0.2) is 4.39 Å². The molecule has 0 saturated carbocycles. The number of benzene rings is 1. The van der Waals surface area contributed by atoms with Crippen molar-refractivity contribution in [1.82, 2.24) is 10.2 Å². The standard InChI is InChI=1S/C15H20ClFN2O/c1-2-19(10-11-5-7-18-8-6-11)15(20)12-3-4-14(17)13(16)9-12/h3-4,9,11,18H,2,5-8,10H2,1H3. The normalized spacial score (nSPS) is 16.1. The van der Waals surface area contributed by atoms with Crippen LogP contribution in [0.4, 0.5) is 4.39 Å². The number of hydrogen-bond acceptors (Lipinski definition) is 2. The number of rotatable bonds is 4. The smallest absolute Gasteiger partial charge is 0.253 e. The number of hydrogen-bond donors (Lipinski definition) is 1. The summed E-state index contributed by atoms with van der Waals surface area (Å²) in [7, 11) is 0. The number of carbonyl (C=O) groups excluding carboxylic acids is 1. The molecule has 2 rings (SSSR count). The summed E-state index contributed by atoms with van der Waals surface area (Å²) < 4.78 is 13.2. The summed E-state index contributed by atoms with van der Waals surface area (Å²) in [5, 5.41) is 3.31. The first kappa shape index (κ1) is 15.3. The van der Waals surface area contributed by atoms with Gasteiger partial charge in [0.25, 0.3) is 5.91 Å². The molecule has 1 aromatic rings. The number of amides is 1. The second kappa shape index (κ2) is 7.04. The fraction of sp³-hybridized carbons (Fsp3) is 0.533. The van der Waals surface area contributed by atoms with Crippen molar-refractivity contribution in [2.75, 3.05) is 26.2 Å². The average molecular weight is 299 g/mol. The average Bonchev–Trinajstić information content (AvgIpc) is 2.48. The Morgan fingerprint density at radius 1 is 1.45 bits per heavy atom. The molecule has 0 aliphatic carbocycles. The number of nitrogens with zero attached hydrogens (tertiary/aromatic N) is 1. The van der Waals surface area contributed by atoms with Crippen LogP contribution in [0.1, 0.15) is 30.1 Å². The molecule has 0 bridgehead atoms. The molecule has 20 heavy (non-hydrogen) atoms. The summed E-state index contributed by atoms with van der Waals surface area (Å²) in [6, 6.07) is 4.15. The Morgan fingerprint density at radius 3 is 2.75 bits per heavy atom. The predicted octanol–water partition coefficient (Wildman–Crippen LogP) is 2.94. The molecule has 0 atom stereocenters. The second-order valence-electron chi connectivity index (χ2n) is 5.17. The molecule has 110 valence electrons. The Hall–Kier alpha value is -1.13. The van der Waals surface area contributed by atoms with Gasteiger partial charge in [-0.2, -0.15) is 0 Å². The van der Waals surface area contributed by atoms with Crippen LogP contribution in [0.2, 0.25) is 5.02 Å². The lowest BCUT2D eigenvalue weighted by Gasteiger charge is -2.29. The Labute approximate surface area is 124 Å². The van der Waals surface area contributed by atoms with Gasteiger partial charge < -0.3 is 10.2 Å². The summed E-state index contributed by atoms with van der Waals surface area (Å²) in [4.78, 5) is 14.3. The van der Waals surface area contributed by atoms with Gasteiger partial charge in [-0.05, 0) is 57.0 Å². The Balaban J connectivity index is 2.05. The van der Waals surface area contributed by atoms with Crippen LogP contribution in [0.15, 0.2) is 18.2 Å². The summed E-state index contributed by atoms with van der Waals surface area (Å²) in [6.45, 7) is 5.39. The summed E-state index contributed by atoms with van der Waals surface area (Å²) in [5.74, 6) is -0.0337. The zero-order chi connectivity index (χ0) is 14.5. The summed E-state index contributed by atoms with van der Waals surface area (Å²) >= 11 is 5.74. The third kappa shape index (κ3) is 3.70. The van der Waals surface area contributed by atoms with Crippen molar-refractivity contribution in [1.29, 1.82) is 0 Å². The molecule has 0 unspecified atom stereocenters. The van der Waals surface area contributed by atoms with Crippen LogP contribution in [0, 0.1) is 11.7 Å². The molecule has 0 spiro atoms. The van der Waals surface area contributed by atoms with Crippen LogP contribution < -0.4 is 5.32 Å². The molecule has 1 aromatic carbocycles. The van der Waals surface area contributed by atoms with Crippen molar-refractivity contribution in [2.24, 2.45) is 5.92 Å². The molecular formula is C15H20ClFN2O. The summed E-state index contributed by atoms with van der Waals surface area (Å²) in [5.41, 5.74) is 0.451. The van der Waals surface area contributed by atoms with Gasteiger partial charge >= 0.3 is 0 Å². The maximum absolute atomic E-state index is 13.2. The van der Waals surface area contributed by atoms with Crippen LogP contribution in [-0.2, 0) is 0 Å². The van der Waals surface area contributed by atoms with Crippen LogP contribution in [0.5, 0.6) is 0 Å². The fourth-order valence-corrected chi connectivity index (χ4v) is 2.72. The van der Waals surface area contributed by atoms with Gasteiger partial charge in [0.2, 0.25) is 0 Å². The Bertz CT molecular complexity index is 475. The first-order valence-electron chi connectivity index (χ1n) is 7.07. The van der Waals surface area contributed by atoms with E-state index >= 15 is 0 Å². The number of carbonyl (C=O) groups is 1. The van der Waals surface area contributed by atoms with Crippen molar-refractivity contribution in [2.45, 2.75) is 19.8 Å². The lowest BCUT2D eigenvalue weighted by molar-refractivity contribution is 0.0726. The van der Waals surface area contributed by atoms with E-state index in [1.54, 1.807) is 0 Å². The van der Waals surface area contributed by atoms with E-state index in [2.05, 4.69) is 5.32 Å². The van der Waals surface area contributed by atoms with Crippen LogP contribution in [0.25, 0.3) is 0 Å². The highest BCUT2D eigenvalue weighted by Crippen LogP contribution is 2.19.